The Morgan fingerprint density at radius 1 is 1.70 bits per heavy atom. The molecule has 0 saturated heterocycles. The maximum Gasteiger partial charge on any atom is 0.323 e. The first kappa shape index (κ1) is 8.81. The first-order chi connectivity index (χ1) is 4.63. The molecule has 0 aliphatic rings. The molecule has 0 aromatic carbocycles. The molecule has 2 amide bonds. The molecular weight excluding hydrogens is 132 g/mol. The first-order valence-corrected chi connectivity index (χ1v) is 2.81. The maximum atomic E-state index is 10.8. The Morgan fingerprint density at radius 3 is 2.50 bits per heavy atom. The van der Waals surface area contributed by atoms with Gasteiger partial charge in [-0.15, -0.1) is 0 Å². The highest BCUT2D eigenvalue weighted by Gasteiger charge is 2.08. The van der Waals surface area contributed by atoms with E-state index in [1.54, 1.807) is 14.1 Å². The molecule has 4 nitrogen and oxygen atoms in total. The maximum absolute atomic E-state index is 10.8. The zero-order chi connectivity index (χ0) is 8.15. The van der Waals surface area contributed by atoms with Crippen LogP contribution in [0.25, 0.3) is 0 Å². The number of amides is 2. The van der Waals surface area contributed by atoms with E-state index in [1.165, 1.54) is 12.0 Å². The van der Waals surface area contributed by atoms with Crippen LogP contribution in [0.4, 0.5) is 4.79 Å². The van der Waals surface area contributed by atoms with E-state index in [2.05, 4.69) is 11.9 Å². The molecule has 0 spiro atoms. The fraction of sp³-hybridized carbons (Fsp3) is 0.500. The molecule has 0 saturated carbocycles. The molecule has 1 N–H and O–H groups in total. The van der Waals surface area contributed by atoms with E-state index >= 15 is 0 Å². The van der Waals surface area contributed by atoms with Crippen LogP contribution in [-0.4, -0.2) is 32.1 Å². The van der Waals surface area contributed by atoms with E-state index in [1.807, 2.05) is 0 Å². The third-order valence-corrected chi connectivity index (χ3v) is 1.13. The Bertz CT molecular complexity index is 129. The van der Waals surface area contributed by atoms with Gasteiger partial charge < -0.3 is 10.1 Å². The van der Waals surface area contributed by atoms with E-state index in [0.717, 1.165) is 0 Å². The number of hydrogen-bond acceptors (Lipinski definition) is 2. The SMILES string of the molecule is C=C(OC)N(C)C(=O)NC. The third-order valence-electron chi connectivity index (χ3n) is 1.13. The topological polar surface area (TPSA) is 41.6 Å². The summed E-state index contributed by atoms with van der Waals surface area (Å²) in [5, 5.41) is 2.43. The van der Waals surface area contributed by atoms with Gasteiger partial charge in [-0.3, -0.25) is 4.90 Å². The Kier molecular flexibility index (Phi) is 3.32. The van der Waals surface area contributed by atoms with Crippen molar-refractivity contribution in [2.75, 3.05) is 21.2 Å². The van der Waals surface area contributed by atoms with E-state index in [9.17, 15) is 4.79 Å². The van der Waals surface area contributed by atoms with Gasteiger partial charge in [0.15, 0.2) is 5.88 Å². The second-order valence-corrected chi connectivity index (χ2v) is 1.71. The fourth-order valence-electron chi connectivity index (χ4n) is 0.418. The number of ether oxygens (including phenoxy) is 1. The van der Waals surface area contributed by atoms with E-state index < -0.39 is 0 Å². The Labute approximate surface area is 60.5 Å². The third kappa shape index (κ3) is 1.97. The van der Waals surface area contributed by atoms with Crippen LogP contribution in [0.3, 0.4) is 0 Å². The van der Waals surface area contributed by atoms with Crippen molar-refractivity contribution in [3.8, 4) is 0 Å². The minimum atomic E-state index is -0.244. The number of rotatable bonds is 2. The predicted molar refractivity (Wildman–Crippen MR) is 38.4 cm³/mol. The van der Waals surface area contributed by atoms with Gasteiger partial charge in [0.1, 0.15) is 0 Å². The molecule has 0 fully saturated rings. The van der Waals surface area contributed by atoms with Crippen molar-refractivity contribution in [2.24, 2.45) is 0 Å². The van der Waals surface area contributed by atoms with Gasteiger partial charge in [-0.05, 0) is 6.58 Å². The average molecular weight is 144 g/mol. The molecule has 4 heteroatoms. The highest BCUT2D eigenvalue weighted by Crippen LogP contribution is 1.96. The molecule has 0 aliphatic heterocycles. The van der Waals surface area contributed by atoms with Crippen LogP contribution < -0.4 is 5.32 Å². The van der Waals surface area contributed by atoms with Gasteiger partial charge in [-0.2, -0.15) is 0 Å². The van der Waals surface area contributed by atoms with Crippen molar-refractivity contribution < 1.29 is 9.53 Å². The molecule has 10 heavy (non-hydrogen) atoms. The lowest BCUT2D eigenvalue weighted by Crippen LogP contribution is -2.34. The van der Waals surface area contributed by atoms with E-state index in [0.29, 0.717) is 5.88 Å². The summed E-state index contributed by atoms with van der Waals surface area (Å²) in [7, 11) is 4.58. The summed E-state index contributed by atoms with van der Waals surface area (Å²) >= 11 is 0. The molecule has 0 unspecified atom stereocenters. The quantitative estimate of drug-likeness (QED) is 0.569. The molecule has 0 bridgehead atoms. The van der Waals surface area contributed by atoms with Crippen molar-refractivity contribution in [2.45, 2.75) is 0 Å². The van der Waals surface area contributed by atoms with Gasteiger partial charge in [0.25, 0.3) is 0 Å². The van der Waals surface area contributed by atoms with Crippen LogP contribution in [0.15, 0.2) is 12.5 Å². The number of carbonyl (C=O) groups is 1. The van der Waals surface area contributed by atoms with Gasteiger partial charge in [0.2, 0.25) is 0 Å². The number of hydrogen-bond donors (Lipinski definition) is 1. The lowest BCUT2D eigenvalue weighted by Gasteiger charge is -2.16. The van der Waals surface area contributed by atoms with Crippen molar-refractivity contribution in [3.63, 3.8) is 0 Å². The highest BCUT2D eigenvalue weighted by atomic mass is 16.5. The summed E-state index contributed by atoms with van der Waals surface area (Å²) in [6.07, 6.45) is 0. The van der Waals surface area contributed by atoms with Crippen LogP contribution >= 0.6 is 0 Å². The van der Waals surface area contributed by atoms with Gasteiger partial charge in [-0.1, -0.05) is 0 Å². The molecule has 0 radical (unpaired) electrons. The molecule has 0 aromatic heterocycles. The lowest BCUT2D eigenvalue weighted by atomic mass is 10.7. The van der Waals surface area contributed by atoms with Crippen molar-refractivity contribution in [1.29, 1.82) is 0 Å². The summed E-state index contributed by atoms with van der Waals surface area (Å²) in [5.41, 5.74) is 0. The minimum Gasteiger partial charge on any atom is -0.482 e. The number of urea groups is 1. The highest BCUT2D eigenvalue weighted by molar-refractivity contribution is 5.74. The van der Waals surface area contributed by atoms with Crippen LogP contribution in [0, 0.1) is 0 Å². The second-order valence-electron chi connectivity index (χ2n) is 1.71. The Morgan fingerprint density at radius 2 is 2.20 bits per heavy atom. The normalized spacial score (nSPS) is 8.30. The minimum absolute atomic E-state index is 0.244. The molecule has 0 atom stereocenters. The molecular formula is C6H12N2O2. The first-order valence-electron chi connectivity index (χ1n) is 2.81. The number of methoxy groups -OCH3 is 1. The summed E-state index contributed by atoms with van der Waals surface area (Å²) in [6, 6.07) is -0.244. The summed E-state index contributed by atoms with van der Waals surface area (Å²) in [6.45, 7) is 3.48. The summed E-state index contributed by atoms with van der Waals surface area (Å²) in [5.74, 6) is 0.319. The van der Waals surface area contributed by atoms with Crippen LogP contribution in [0.1, 0.15) is 0 Å². The van der Waals surface area contributed by atoms with Crippen LogP contribution in [0.5, 0.6) is 0 Å². The van der Waals surface area contributed by atoms with Gasteiger partial charge in [0.05, 0.1) is 7.11 Å². The monoisotopic (exact) mass is 144 g/mol. The van der Waals surface area contributed by atoms with Gasteiger partial charge >= 0.3 is 6.03 Å². The number of nitrogens with zero attached hydrogens (tertiary/aromatic N) is 1. The summed E-state index contributed by atoms with van der Waals surface area (Å²) < 4.78 is 4.71. The number of nitrogens with one attached hydrogen (secondary N) is 1. The molecule has 0 aliphatic carbocycles. The Hall–Kier alpha value is -1.19. The lowest BCUT2D eigenvalue weighted by molar-refractivity contribution is 0.170. The molecule has 0 rings (SSSR count). The van der Waals surface area contributed by atoms with E-state index in [4.69, 9.17) is 4.74 Å². The average Bonchev–Trinajstić information content (AvgIpc) is 2.00. The smallest absolute Gasteiger partial charge is 0.323 e. The summed E-state index contributed by atoms with van der Waals surface area (Å²) in [4.78, 5) is 12.1. The van der Waals surface area contributed by atoms with Gasteiger partial charge in [-0.25, -0.2) is 4.79 Å². The van der Waals surface area contributed by atoms with Crippen LogP contribution in [-0.2, 0) is 4.74 Å². The van der Waals surface area contributed by atoms with Crippen molar-refractivity contribution >= 4 is 6.03 Å². The standard InChI is InChI=1S/C6H12N2O2/c1-5(10-4)8(3)6(9)7-2/h1H2,2-4H3,(H,7,9). The number of carbonyl (C=O) groups excluding carboxylic acids is 1. The zero-order valence-corrected chi connectivity index (χ0v) is 6.47. The largest absolute Gasteiger partial charge is 0.482 e. The second kappa shape index (κ2) is 3.76. The van der Waals surface area contributed by atoms with Gasteiger partial charge in [0, 0.05) is 14.1 Å². The molecule has 0 heterocycles. The van der Waals surface area contributed by atoms with Crippen molar-refractivity contribution in [3.05, 3.63) is 12.5 Å². The zero-order valence-electron chi connectivity index (χ0n) is 6.47. The van der Waals surface area contributed by atoms with E-state index in [-0.39, 0.29) is 6.03 Å². The predicted octanol–water partition coefficient (Wildman–Crippen LogP) is 0.375. The Balaban J connectivity index is 3.94. The molecule has 58 valence electrons. The van der Waals surface area contributed by atoms with Crippen LogP contribution in [0.2, 0.25) is 0 Å². The fourth-order valence-corrected chi connectivity index (χ4v) is 0.418. The van der Waals surface area contributed by atoms with Crippen molar-refractivity contribution in [1.82, 2.24) is 10.2 Å². The molecule has 0 aromatic rings.